The Morgan fingerprint density at radius 1 is 0.857 bits per heavy atom. The molecule has 174 valence electrons. The van der Waals surface area contributed by atoms with Gasteiger partial charge in [0, 0.05) is 23.6 Å². The highest BCUT2D eigenvalue weighted by molar-refractivity contribution is 6.00. The number of carbonyl (C=O) groups excluding carboxylic acids is 1. The molecule has 2 N–H and O–H groups in total. The van der Waals surface area contributed by atoms with Crippen LogP contribution in [0.25, 0.3) is 5.69 Å². The summed E-state index contributed by atoms with van der Waals surface area (Å²) < 4.78 is 7.50. The molecule has 0 amide bonds. The van der Waals surface area contributed by atoms with Gasteiger partial charge in [0.15, 0.2) is 5.78 Å². The van der Waals surface area contributed by atoms with Crippen molar-refractivity contribution in [2.24, 2.45) is 0 Å². The molecule has 1 atom stereocenters. The number of fused-ring (bicyclic) bond motifs is 1. The quantitative estimate of drug-likeness (QED) is 0.421. The Balaban J connectivity index is 1.39. The molecule has 6 heteroatoms. The van der Waals surface area contributed by atoms with E-state index in [1.54, 1.807) is 4.68 Å². The Kier molecular flexibility index (Phi) is 5.34. The summed E-state index contributed by atoms with van der Waals surface area (Å²) in [6, 6.07) is 27.2. The number of Topliss-reactive ketones (excluding diaryl/α,β-unsaturated/α-hetero) is 1. The summed E-state index contributed by atoms with van der Waals surface area (Å²) in [5.74, 6) is 1.07. The van der Waals surface area contributed by atoms with Crippen molar-refractivity contribution in [1.29, 1.82) is 0 Å². The fourth-order valence-corrected chi connectivity index (χ4v) is 5.03. The average molecular weight is 464 g/mol. The maximum Gasteiger partial charge on any atom is 0.277 e. The minimum atomic E-state index is -0.425. The molecule has 4 aromatic rings. The van der Waals surface area contributed by atoms with Crippen LogP contribution in [0.1, 0.15) is 41.9 Å². The summed E-state index contributed by atoms with van der Waals surface area (Å²) in [6.07, 6.45) is 2.10. The summed E-state index contributed by atoms with van der Waals surface area (Å²) in [6.45, 7) is 0.477. The third-order valence-electron chi connectivity index (χ3n) is 6.71. The van der Waals surface area contributed by atoms with Crippen LogP contribution in [0.3, 0.4) is 0 Å². The molecule has 0 saturated heterocycles. The largest absolute Gasteiger partial charge is 0.489 e. The normalized spacial score (nSPS) is 16.9. The minimum absolute atomic E-state index is 0.102. The molecule has 0 radical (unpaired) electrons. The Morgan fingerprint density at radius 3 is 2.31 bits per heavy atom. The number of para-hydroxylation sites is 1. The molecule has 2 heterocycles. The third kappa shape index (κ3) is 3.87. The first-order valence-electron chi connectivity index (χ1n) is 11.9. The first kappa shape index (κ1) is 21.2. The highest BCUT2D eigenvalue weighted by Crippen LogP contribution is 2.43. The molecule has 1 aromatic heterocycles. The zero-order chi connectivity index (χ0) is 23.8. The summed E-state index contributed by atoms with van der Waals surface area (Å²) >= 11 is 0. The number of allylic oxidation sites excluding steroid dienone is 2. The van der Waals surface area contributed by atoms with Gasteiger partial charge in [-0.3, -0.25) is 14.7 Å². The molecule has 1 aliphatic heterocycles. The molecule has 0 unspecified atom stereocenters. The molecule has 35 heavy (non-hydrogen) atoms. The predicted octanol–water partition coefficient (Wildman–Crippen LogP) is 5.31. The zero-order valence-electron chi connectivity index (χ0n) is 19.2. The number of aromatic amines is 1. The maximum absolute atomic E-state index is 13.6. The van der Waals surface area contributed by atoms with Crippen LogP contribution in [0.5, 0.6) is 5.75 Å². The van der Waals surface area contributed by atoms with Crippen molar-refractivity contribution in [1.82, 2.24) is 9.78 Å². The molecule has 1 aliphatic carbocycles. The standard InChI is InChI=1S/C29H25N3O3/c33-24-13-7-12-23-26(24)25(20-14-16-22(17-15-20)35-18-19-8-3-1-4-9-19)27-28(30-23)31-32(29(27)34)21-10-5-2-6-11-21/h1-6,8-11,14-17,25,30-31H,7,12-13,18H2/t25-/m1/s1. The lowest BCUT2D eigenvalue weighted by Gasteiger charge is -2.31. The van der Waals surface area contributed by atoms with E-state index in [4.69, 9.17) is 4.74 Å². The van der Waals surface area contributed by atoms with E-state index in [0.717, 1.165) is 41.1 Å². The van der Waals surface area contributed by atoms with Crippen molar-refractivity contribution in [2.75, 3.05) is 5.32 Å². The molecular weight excluding hydrogens is 438 g/mol. The van der Waals surface area contributed by atoms with Gasteiger partial charge in [0.25, 0.3) is 5.56 Å². The fourth-order valence-electron chi connectivity index (χ4n) is 5.03. The van der Waals surface area contributed by atoms with Gasteiger partial charge in [0.2, 0.25) is 0 Å². The Bertz CT molecular complexity index is 1470. The lowest BCUT2D eigenvalue weighted by atomic mass is 9.77. The summed E-state index contributed by atoms with van der Waals surface area (Å²) in [5, 5.41) is 6.61. The van der Waals surface area contributed by atoms with Gasteiger partial charge in [0.05, 0.1) is 11.3 Å². The van der Waals surface area contributed by atoms with E-state index in [2.05, 4.69) is 10.4 Å². The Morgan fingerprint density at radius 2 is 1.57 bits per heavy atom. The SMILES string of the molecule is O=C1CCCC2=C1[C@@H](c1ccc(OCc3ccccc3)cc1)c1c([nH]n(-c3ccccc3)c1=O)N2. The van der Waals surface area contributed by atoms with E-state index >= 15 is 0 Å². The van der Waals surface area contributed by atoms with Crippen LogP contribution in [0.4, 0.5) is 5.82 Å². The molecule has 0 saturated carbocycles. The molecule has 6 rings (SSSR count). The van der Waals surface area contributed by atoms with E-state index in [0.29, 0.717) is 30.0 Å². The van der Waals surface area contributed by atoms with E-state index < -0.39 is 5.92 Å². The van der Waals surface area contributed by atoms with E-state index in [1.165, 1.54) is 0 Å². The Hall–Kier alpha value is -4.32. The first-order chi connectivity index (χ1) is 17.2. The molecule has 2 aliphatic rings. The number of hydrogen-bond acceptors (Lipinski definition) is 4. The van der Waals surface area contributed by atoms with Crippen molar-refractivity contribution in [3.05, 3.63) is 123 Å². The van der Waals surface area contributed by atoms with E-state index in [9.17, 15) is 9.59 Å². The maximum atomic E-state index is 13.6. The van der Waals surface area contributed by atoms with Gasteiger partial charge in [-0.1, -0.05) is 60.7 Å². The number of rotatable bonds is 5. The number of nitrogens with zero attached hydrogens (tertiary/aromatic N) is 1. The molecule has 0 fully saturated rings. The number of carbonyl (C=O) groups is 1. The highest BCUT2D eigenvalue weighted by Gasteiger charge is 2.38. The number of hydrogen-bond donors (Lipinski definition) is 2. The predicted molar refractivity (Wildman–Crippen MR) is 135 cm³/mol. The molecular formula is C29H25N3O3. The van der Waals surface area contributed by atoms with Crippen LogP contribution in [-0.2, 0) is 11.4 Å². The topological polar surface area (TPSA) is 76.1 Å². The van der Waals surface area contributed by atoms with Crippen LogP contribution in [-0.4, -0.2) is 15.6 Å². The first-order valence-corrected chi connectivity index (χ1v) is 11.9. The summed E-state index contributed by atoms with van der Waals surface area (Å²) in [4.78, 5) is 26.7. The number of aromatic nitrogens is 2. The fraction of sp³-hybridized carbons (Fsp3) is 0.172. The summed E-state index contributed by atoms with van der Waals surface area (Å²) in [7, 11) is 0. The van der Waals surface area contributed by atoms with Crippen molar-refractivity contribution >= 4 is 11.6 Å². The number of nitrogens with one attached hydrogen (secondary N) is 2. The van der Waals surface area contributed by atoms with Crippen molar-refractivity contribution in [3.63, 3.8) is 0 Å². The zero-order valence-corrected chi connectivity index (χ0v) is 19.2. The van der Waals surface area contributed by atoms with Gasteiger partial charge >= 0.3 is 0 Å². The smallest absolute Gasteiger partial charge is 0.277 e. The van der Waals surface area contributed by atoms with E-state index in [-0.39, 0.29) is 11.3 Å². The van der Waals surface area contributed by atoms with Crippen molar-refractivity contribution in [2.45, 2.75) is 31.8 Å². The van der Waals surface area contributed by atoms with Crippen molar-refractivity contribution < 1.29 is 9.53 Å². The lowest BCUT2D eigenvalue weighted by molar-refractivity contribution is -0.116. The van der Waals surface area contributed by atoms with Crippen LogP contribution in [0, 0.1) is 0 Å². The van der Waals surface area contributed by atoms with E-state index in [1.807, 2.05) is 84.9 Å². The third-order valence-corrected chi connectivity index (χ3v) is 6.71. The average Bonchev–Trinajstić information content (AvgIpc) is 3.24. The highest BCUT2D eigenvalue weighted by atomic mass is 16.5. The molecule has 3 aromatic carbocycles. The van der Waals surface area contributed by atoms with Gasteiger partial charge in [-0.15, -0.1) is 0 Å². The van der Waals surface area contributed by atoms with Crippen LogP contribution in [0.2, 0.25) is 0 Å². The second kappa shape index (κ2) is 8.80. The van der Waals surface area contributed by atoms with Gasteiger partial charge in [-0.2, -0.15) is 0 Å². The number of H-pyrrole nitrogens is 1. The second-order valence-corrected chi connectivity index (χ2v) is 8.95. The van der Waals surface area contributed by atoms with Crippen molar-refractivity contribution in [3.8, 4) is 11.4 Å². The Labute approximate surface area is 202 Å². The lowest BCUT2D eigenvalue weighted by Crippen LogP contribution is -2.29. The van der Waals surface area contributed by atoms with Gasteiger partial charge < -0.3 is 10.1 Å². The van der Waals surface area contributed by atoms with Gasteiger partial charge in [-0.25, -0.2) is 4.68 Å². The van der Waals surface area contributed by atoms with Crippen LogP contribution in [0.15, 0.2) is 101 Å². The monoisotopic (exact) mass is 463 g/mol. The van der Waals surface area contributed by atoms with Gasteiger partial charge in [-0.05, 0) is 48.2 Å². The second-order valence-electron chi connectivity index (χ2n) is 8.95. The molecule has 0 spiro atoms. The summed E-state index contributed by atoms with van der Waals surface area (Å²) in [5.41, 5.74) is 4.78. The number of ketones is 1. The number of benzene rings is 3. The molecule has 6 nitrogen and oxygen atoms in total. The number of ether oxygens (including phenoxy) is 1. The minimum Gasteiger partial charge on any atom is -0.489 e. The van der Waals surface area contributed by atoms with Crippen LogP contribution >= 0.6 is 0 Å². The van der Waals surface area contributed by atoms with Gasteiger partial charge in [0.1, 0.15) is 18.2 Å². The van der Waals surface area contributed by atoms with Crippen LogP contribution < -0.4 is 15.6 Å². The molecule has 0 bridgehead atoms. The number of anilines is 1.